The maximum Gasteiger partial charge on any atom is 0.298 e. The van der Waals surface area contributed by atoms with Crippen molar-refractivity contribution < 1.29 is 12.8 Å². The van der Waals surface area contributed by atoms with Crippen LogP contribution < -0.4 is 9.62 Å². The molecule has 2 heterocycles. The molecule has 1 aliphatic heterocycles. The van der Waals surface area contributed by atoms with E-state index in [1.54, 1.807) is 18.2 Å². The number of fused-ring (bicyclic) bond motifs is 1. The van der Waals surface area contributed by atoms with E-state index in [1.807, 2.05) is 4.90 Å². The molecule has 2 aromatic rings. The molecule has 0 aliphatic carbocycles. The number of hydrogen-bond acceptors (Lipinski definition) is 5. The first-order valence-electron chi connectivity index (χ1n) is 6.69. The van der Waals surface area contributed by atoms with Crippen molar-refractivity contribution in [2.45, 2.75) is 18.9 Å². The van der Waals surface area contributed by atoms with E-state index in [4.69, 9.17) is 16.0 Å². The number of aromatic nitrogens is 1. The number of nitrogens with zero attached hydrogens (tertiary/aromatic N) is 2. The Labute approximate surface area is 128 Å². The molecule has 1 aromatic carbocycles. The molecule has 0 radical (unpaired) electrons. The second kappa shape index (κ2) is 5.47. The first-order valence-corrected chi connectivity index (χ1v) is 8.96. The lowest BCUT2D eigenvalue weighted by Gasteiger charge is -2.30. The minimum absolute atomic E-state index is 0.0185. The number of anilines is 1. The zero-order chi connectivity index (χ0) is 15.0. The fourth-order valence-corrected chi connectivity index (χ4v) is 3.52. The first-order chi connectivity index (χ1) is 9.90. The van der Waals surface area contributed by atoms with Gasteiger partial charge in [0.2, 0.25) is 10.0 Å². The Kier molecular flexibility index (Phi) is 3.81. The molecule has 0 atom stereocenters. The number of hydrogen-bond donors (Lipinski definition) is 1. The Morgan fingerprint density at radius 1 is 1.38 bits per heavy atom. The molecular formula is C13H16ClN3O3S. The number of piperidine rings is 1. The lowest BCUT2D eigenvalue weighted by Crippen LogP contribution is -2.44. The molecule has 0 bridgehead atoms. The molecule has 6 nitrogen and oxygen atoms in total. The zero-order valence-corrected chi connectivity index (χ0v) is 13.1. The third-order valence-electron chi connectivity index (χ3n) is 3.48. The molecule has 21 heavy (non-hydrogen) atoms. The Morgan fingerprint density at radius 2 is 2.10 bits per heavy atom. The van der Waals surface area contributed by atoms with Crippen molar-refractivity contribution in [3.63, 3.8) is 0 Å². The van der Waals surface area contributed by atoms with Gasteiger partial charge in [0, 0.05) is 24.2 Å². The van der Waals surface area contributed by atoms with Crippen LogP contribution in [0.5, 0.6) is 0 Å². The van der Waals surface area contributed by atoms with Gasteiger partial charge in [-0.3, -0.25) is 0 Å². The first kappa shape index (κ1) is 14.6. The van der Waals surface area contributed by atoms with Gasteiger partial charge in [-0.25, -0.2) is 13.1 Å². The van der Waals surface area contributed by atoms with Crippen molar-refractivity contribution in [3.05, 3.63) is 23.2 Å². The predicted octanol–water partition coefficient (Wildman–Crippen LogP) is 2.00. The van der Waals surface area contributed by atoms with E-state index in [2.05, 4.69) is 9.71 Å². The summed E-state index contributed by atoms with van der Waals surface area (Å²) in [6.07, 6.45) is 2.64. The van der Waals surface area contributed by atoms with Crippen LogP contribution in [0.25, 0.3) is 11.1 Å². The second-order valence-corrected chi connectivity index (χ2v) is 7.48. The molecule has 1 aromatic heterocycles. The normalized spacial score (nSPS) is 17.5. The monoisotopic (exact) mass is 329 g/mol. The van der Waals surface area contributed by atoms with Crippen LogP contribution in [-0.4, -0.2) is 38.8 Å². The third-order valence-corrected chi connectivity index (χ3v) is 4.48. The quantitative estimate of drug-likeness (QED) is 0.932. The summed E-state index contributed by atoms with van der Waals surface area (Å²) >= 11 is 5.93. The summed E-state index contributed by atoms with van der Waals surface area (Å²) in [5, 5.41) is 0.624. The van der Waals surface area contributed by atoms with Crippen LogP contribution >= 0.6 is 11.6 Å². The molecule has 8 heteroatoms. The maximum atomic E-state index is 11.2. The SMILES string of the molecule is CS(=O)(=O)NC1CCN(c2nc3cc(Cl)ccc3o2)CC1. The average molecular weight is 330 g/mol. The summed E-state index contributed by atoms with van der Waals surface area (Å²) in [4.78, 5) is 6.46. The Bertz CT molecular complexity index is 751. The number of nitrogens with one attached hydrogen (secondary N) is 1. The van der Waals surface area contributed by atoms with Crippen molar-refractivity contribution in [1.29, 1.82) is 0 Å². The second-order valence-electron chi connectivity index (χ2n) is 5.26. The van der Waals surface area contributed by atoms with Gasteiger partial charge in [-0.1, -0.05) is 11.6 Å². The fourth-order valence-electron chi connectivity index (χ4n) is 2.52. The van der Waals surface area contributed by atoms with E-state index in [1.165, 1.54) is 6.26 Å². The lowest BCUT2D eigenvalue weighted by molar-refractivity contribution is 0.439. The van der Waals surface area contributed by atoms with Gasteiger partial charge < -0.3 is 9.32 Å². The van der Waals surface area contributed by atoms with Gasteiger partial charge in [-0.2, -0.15) is 4.98 Å². The van der Waals surface area contributed by atoms with Crippen LogP contribution in [0.4, 0.5) is 6.01 Å². The van der Waals surface area contributed by atoms with Crippen molar-refractivity contribution >= 4 is 38.7 Å². The van der Waals surface area contributed by atoms with E-state index in [0.717, 1.165) is 18.4 Å². The summed E-state index contributed by atoms with van der Waals surface area (Å²) in [5.41, 5.74) is 1.43. The van der Waals surface area contributed by atoms with E-state index in [0.29, 0.717) is 29.7 Å². The van der Waals surface area contributed by atoms with Gasteiger partial charge in [0.15, 0.2) is 5.58 Å². The minimum Gasteiger partial charge on any atom is -0.423 e. The number of sulfonamides is 1. The van der Waals surface area contributed by atoms with Gasteiger partial charge in [0.05, 0.1) is 6.26 Å². The number of oxazole rings is 1. The minimum atomic E-state index is -3.15. The van der Waals surface area contributed by atoms with Crippen molar-refractivity contribution in [3.8, 4) is 0 Å². The highest BCUT2D eigenvalue weighted by atomic mass is 35.5. The van der Waals surface area contributed by atoms with Gasteiger partial charge >= 0.3 is 0 Å². The zero-order valence-electron chi connectivity index (χ0n) is 11.5. The summed E-state index contributed by atoms with van der Waals surface area (Å²) < 4.78 is 30.8. The molecule has 114 valence electrons. The summed E-state index contributed by atoms with van der Waals surface area (Å²) in [6, 6.07) is 5.87. The molecule has 0 unspecified atom stereocenters. The van der Waals surface area contributed by atoms with E-state index >= 15 is 0 Å². The molecule has 1 fully saturated rings. The van der Waals surface area contributed by atoms with Crippen LogP contribution in [0.3, 0.4) is 0 Å². The van der Waals surface area contributed by atoms with Crippen LogP contribution in [0.2, 0.25) is 5.02 Å². The standard InChI is InChI=1S/C13H16ClN3O3S/c1-21(18,19)16-10-4-6-17(7-5-10)13-15-11-8-9(14)2-3-12(11)20-13/h2-3,8,10,16H,4-7H2,1H3. The molecule has 1 aliphatic rings. The molecule has 1 saturated heterocycles. The maximum absolute atomic E-state index is 11.2. The molecule has 0 amide bonds. The highest BCUT2D eigenvalue weighted by Crippen LogP contribution is 2.26. The summed E-state index contributed by atoms with van der Waals surface area (Å²) in [6.45, 7) is 1.40. The summed E-state index contributed by atoms with van der Waals surface area (Å²) in [5.74, 6) is 0. The van der Waals surface area contributed by atoms with Crippen LogP contribution in [0, 0.1) is 0 Å². The molecular weight excluding hydrogens is 314 g/mol. The van der Waals surface area contributed by atoms with Gasteiger partial charge in [-0.15, -0.1) is 0 Å². The fraction of sp³-hybridized carbons (Fsp3) is 0.462. The van der Waals surface area contributed by atoms with Gasteiger partial charge in [-0.05, 0) is 31.0 Å². The summed E-state index contributed by atoms with van der Waals surface area (Å²) in [7, 11) is -3.15. The predicted molar refractivity (Wildman–Crippen MR) is 82.2 cm³/mol. The Morgan fingerprint density at radius 3 is 2.76 bits per heavy atom. The number of benzene rings is 1. The highest BCUT2D eigenvalue weighted by molar-refractivity contribution is 7.88. The van der Waals surface area contributed by atoms with Crippen molar-refractivity contribution in [2.24, 2.45) is 0 Å². The van der Waals surface area contributed by atoms with Crippen LogP contribution in [0.15, 0.2) is 22.6 Å². The Hall–Kier alpha value is -1.31. The van der Waals surface area contributed by atoms with Crippen molar-refractivity contribution in [1.82, 2.24) is 9.71 Å². The average Bonchev–Trinajstić information content (AvgIpc) is 2.80. The largest absolute Gasteiger partial charge is 0.423 e. The molecule has 3 rings (SSSR count). The van der Waals surface area contributed by atoms with Crippen LogP contribution in [-0.2, 0) is 10.0 Å². The van der Waals surface area contributed by atoms with Crippen LogP contribution in [0.1, 0.15) is 12.8 Å². The van der Waals surface area contributed by atoms with Gasteiger partial charge in [0.1, 0.15) is 5.52 Å². The topological polar surface area (TPSA) is 75.4 Å². The molecule has 1 N–H and O–H groups in total. The number of rotatable bonds is 3. The third kappa shape index (κ3) is 3.48. The van der Waals surface area contributed by atoms with E-state index < -0.39 is 10.0 Å². The molecule has 0 saturated carbocycles. The van der Waals surface area contributed by atoms with Gasteiger partial charge in [0.25, 0.3) is 6.01 Å². The number of halogens is 1. The Balaban J connectivity index is 1.71. The highest BCUT2D eigenvalue weighted by Gasteiger charge is 2.24. The van der Waals surface area contributed by atoms with E-state index in [9.17, 15) is 8.42 Å². The lowest BCUT2D eigenvalue weighted by atomic mass is 10.1. The smallest absolute Gasteiger partial charge is 0.298 e. The molecule has 0 spiro atoms. The van der Waals surface area contributed by atoms with Crippen molar-refractivity contribution in [2.75, 3.05) is 24.2 Å². The van der Waals surface area contributed by atoms with E-state index in [-0.39, 0.29) is 6.04 Å².